The molecule has 3 rings (SSSR count). The molecule has 1 atom stereocenters. The molecule has 1 aliphatic heterocycles. The summed E-state index contributed by atoms with van der Waals surface area (Å²) in [4.78, 5) is 5.13. The largest absolute Gasteiger partial charge is 0.496 e. The summed E-state index contributed by atoms with van der Waals surface area (Å²) in [6.45, 7) is 6.62. The van der Waals surface area contributed by atoms with Crippen molar-refractivity contribution in [1.29, 1.82) is 0 Å². The summed E-state index contributed by atoms with van der Waals surface area (Å²) in [5.41, 5.74) is 1.15. The summed E-state index contributed by atoms with van der Waals surface area (Å²) in [6.07, 6.45) is 8.53. The van der Waals surface area contributed by atoms with Gasteiger partial charge in [0.15, 0.2) is 11.5 Å². The van der Waals surface area contributed by atoms with Crippen molar-refractivity contribution in [2.45, 2.75) is 25.8 Å². The van der Waals surface area contributed by atoms with Gasteiger partial charge in [0.05, 0.1) is 21.3 Å². The van der Waals surface area contributed by atoms with Crippen LogP contribution in [0.15, 0.2) is 24.3 Å². The van der Waals surface area contributed by atoms with Crippen LogP contribution in [0.2, 0.25) is 0 Å². The molecule has 5 heteroatoms. The van der Waals surface area contributed by atoms with Crippen LogP contribution in [0.1, 0.15) is 24.8 Å². The van der Waals surface area contributed by atoms with Gasteiger partial charge in [-0.1, -0.05) is 12.2 Å². The standard InChI is InChI=1S/C21H32N2O3/c1-24-19-14-21(26-3)20(25-2)13-18(19)16-23-11-9-22(10-12-23)15-17-7-5-4-6-8-17/h4-5,13-14,17H,6-12,15-16H2,1-3H3/t17-/m0/s1. The Morgan fingerprint density at radius 3 is 2.12 bits per heavy atom. The second-order valence-corrected chi connectivity index (χ2v) is 7.25. The number of rotatable bonds is 7. The van der Waals surface area contributed by atoms with Crippen LogP contribution >= 0.6 is 0 Å². The molecule has 1 aromatic rings. The summed E-state index contributed by atoms with van der Waals surface area (Å²) in [5.74, 6) is 3.17. The van der Waals surface area contributed by atoms with E-state index in [1.165, 1.54) is 25.8 Å². The van der Waals surface area contributed by atoms with Crippen molar-refractivity contribution in [2.24, 2.45) is 5.92 Å². The topological polar surface area (TPSA) is 34.2 Å². The zero-order valence-corrected chi connectivity index (χ0v) is 16.4. The second kappa shape index (κ2) is 9.28. The minimum atomic E-state index is 0.708. The van der Waals surface area contributed by atoms with E-state index in [9.17, 15) is 0 Å². The van der Waals surface area contributed by atoms with E-state index in [0.717, 1.165) is 55.7 Å². The highest BCUT2D eigenvalue weighted by molar-refractivity contribution is 5.50. The van der Waals surface area contributed by atoms with Crippen LogP contribution < -0.4 is 14.2 Å². The van der Waals surface area contributed by atoms with Crippen LogP contribution in [-0.4, -0.2) is 63.9 Å². The maximum atomic E-state index is 5.57. The van der Waals surface area contributed by atoms with Crippen LogP contribution in [0, 0.1) is 5.92 Å². The number of hydrogen-bond donors (Lipinski definition) is 0. The van der Waals surface area contributed by atoms with Gasteiger partial charge in [-0.2, -0.15) is 0 Å². The summed E-state index contributed by atoms with van der Waals surface area (Å²) >= 11 is 0. The molecule has 1 saturated heterocycles. The highest BCUT2D eigenvalue weighted by Crippen LogP contribution is 2.35. The van der Waals surface area contributed by atoms with Gasteiger partial charge in [-0.15, -0.1) is 0 Å². The smallest absolute Gasteiger partial charge is 0.164 e. The van der Waals surface area contributed by atoms with Crippen molar-refractivity contribution < 1.29 is 14.2 Å². The average molecular weight is 360 g/mol. The molecular formula is C21H32N2O3. The molecule has 0 aromatic heterocycles. The quantitative estimate of drug-likeness (QED) is 0.698. The van der Waals surface area contributed by atoms with Gasteiger partial charge in [0, 0.05) is 50.9 Å². The monoisotopic (exact) mass is 360 g/mol. The molecule has 1 aromatic carbocycles. The molecule has 2 aliphatic rings. The van der Waals surface area contributed by atoms with Gasteiger partial charge in [-0.05, 0) is 31.2 Å². The Bertz CT molecular complexity index is 610. The number of piperazine rings is 1. The van der Waals surface area contributed by atoms with E-state index in [2.05, 4.69) is 22.0 Å². The number of methoxy groups -OCH3 is 3. The fourth-order valence-corrected chi connectivity index (χ4v) is 3.97. The molecule has 1 heterocycles. The van der Waals surface area contributed by atoms with Gasteiger partial charge in [0.25, 0.3) is 0 Å². The second-order valence-electron chi connectivity index (χ2n) is 7.25. The zero-order chi connectivity index (χ0) is 18.4. The predicted molar refractivity (Wildman–Crippen MR) is 104 cm³/mol. The molecule has 0 unspecified atom stereocenters. The predicted octanol–water partition coefficient (Wildman–Crippen LogP) is 3.19. The van der Waals surface area contributed by atoms with Crippen molar-refractivity contribution in [2.75, 3.05) is 54.1 Å². The van der Waals surface area contributed by atoms with E-state index in [-0.39, 0.29) is 0 Å². The maximum absolute atomic E-state index is 5.57. The van der Waals surface area contributed by atoms with Crippen LogP contribution in [0.4, 0.5) is 0 Å². The van der Waals surface area contributed by atoms with Crippen molar-refractivity contribution in [3.8, 4) is 17.2 Å². The third kappa shape index (κ3) is 4.71. The van der Waals surface area contributed by atoms with E-state index in [1.54, 1.807) is 21.3 Å². The van der Waals surface area contributed by atoms with Gasteiger partial charge in [-0.3, -0.25) is 4.90 Å². The first-order valence-electron chi connectivity index (χ1n) is 9.62. The zero-order valence-electron chi connectivity index (χ0n) is 16.4. The summed E-state index contributed by atoms with van der Waals surface area (Å²) in [6, 6.07) is 3.96. The van der Waals surface area contributed by atoms with Crippen LogP contribution in [0.25, 0.3) is 0 Å². The van der Waals surface area contributed by atoms with E-state index >= 15 is 0 Å². The van der Waals surface area contributed by atoms with Crippen LogP contribution in [-0.2, 0) is 6.54 Å². The normalized spacial score (nSPS) is 21.6. The minimum absolute atomic E-state index is 0.708. The minimum Gasteiger partial charge on any atom is -0.496 e. The van der Waals surface area contributed by atoms with Gasteiger partial charge in [-0.25, -0.2) is 0 Å². The summed E-state index contributed by atoms with van der Waals surface area (Å²) in [5, 5.41) is 0. The Labute approximate surface area is 157 Å². The Morgan fingerprint density at radius 1 is 0.846 bits per heavy atom. The highest BCUT2D eigenvalue weighted by Gasteiger charge is 2.22. The van der Waals surface area contributed by atoms with Gasteiger partial charge >= 0.3 is 0 Å². The molecule has 144 valence electrons. The molecule has 0 spiro atoms. The van der Waals surface area contributed by atoms with E-state index in [4.69, 9.17) is 14.2 Å². The van der Waals surface area contributed by atoms with Gasteiger partial charge < -0.3 is 19.1 Å². The Morgan fingerprint density at radius 2 is 1.50 bits per heavy atom. The third-order valence-corrected chi connectivity index (χ3v) is 5.54. The number of nitrogens with zero attached hydrogens (tertiary/aromatic N) is 2. The Kier molecular flexibility index (Phi) is 6.80. The van der Waals surface area contributed by atoms with Crippen LogP contribution in [0.5, 0.6) is 17.2 Å². The van der Waals surface area contributed by atoms with E-state index in [1.807, 2.05) is 12.1 Å². The highest BCUT2D eigenvalue weighted by atomic mass is 16.5. The SMILES string of the molecule is COc1cc(OC)c(OC)cc1CN1CCN(C[C@H]2CC=CCC2)CC1. The average Bonchev–Trinajstić information content (AvgIpc) is 2.70. The number of benzene rings is 1. The van der Waals surface area contributed by atoms with Crippen LogP contribution in [0.3, 0.4) is 0 Å². The molecule has 1 fully saturated rings. The van der Waals surface area contributed by atoms with Crippen molar-refractivity contribution in [1.82, 2.24) is 9.80 Å². The first kappa shape index (κ1) is 19.1. The molecule has 0 saturated carbocycles. The Hall–Kier alpha value is -1.72. The molecule has 0 radical (unpaired) electrons. The lowest BCUT2D eigenvalue weighted by Gasteiger charge is -2.37. The molecular weight excluding hydrogens is 328 g/mol. The lowest BCUT2D eigenvalue weighted by Crippen LogP contribution is -2.47. The van der Waals surface area contributed by atoms with Gasteiger partial charge in [0.1, 0.15) is 5.75 Å². The summed E-state index contributed by atoms with van der Waals surface area (Å²) in [7, 11) is 5.03. The first-order valence-corrected chi connectivity index (χ1v) is 9.62. The lowest BCUT2D eigenvalue weighted by atomic mass is 9.94. The fourth-order valence-electron chi connectivity index (χ4n) is 3.97. The maximum Gasteiger partial charge on any atom is 0.164 e. The first-order chi connectivity index (χ1) is 12.7. The molecule has 0 amide bonds. The molecule has 26 heavy (non-hydrogen) atoms. The van der Waals surface area contributed by atoms with Crippen molar-refractivity contribution in [3.05, 3.63) is 29.8 Å². The number of allylic oxidation sites excluding steroid dienone is 2. The van der Waals surface area contributed by atoms with E-state index in [0.29, 0.717) is 5.75 Å². The van der Waals surface area contributed by atoms with E-state index < -0.39 is 0 Å². The van der Waals surface area contributed by atoms with Crippen molar-refractivity contribution in [3.63, 3.8) is 0 Å². The molecule has 0 bridgehead atoms. The van der Waals surface area contributed by atoms with Gasteiger partial charge in [0.2, 0.25) is 0 Å². The number of ether oxygens (including phenoxy) is 3. The lowest BCUT2D eigenvalue weighted by molar-refractivity contribution is 0.110. The molecule has 0 N–H and O–H groups in total. The summed E-state index contributed by atoms with van der Waals surface area (Å²) < 4.78 is 16.4. The molecule has 5 nitrogen and oxygen atoms in total. The number of hydrogen-bond acceptors (Lipinski definition) is 5. The third-order valence-electron chi connectivity index (χ3n) is 5.54. The Balaban J connectivity index is 1.56. The van der Waals surface area contributed by atoms with Crippen molar-refractivity contribution >= 4 is 0 Å². The fraction of sp³-hybridized carbons (Fsp3) is 0.619. The molecule has 1 aliphatic carbocycles.